The molecule has 0 amide bonds. The summed E-state index contributed by atoms with van der Waals surface area (Å²) in [4.78, 5) is 0. The van der Waals surface area contributed by atoms with Gasteiger partial charge in [0.15, 0.2) is 0 Å². The Morgan fingerprint density at radius 2 is 1.55 bits per heavy atom. The van der Waals surface area contributed by atoms with Crippen molar-refractivity contribution in [3.05, 3.63) is 0 Å². The summed E-state index contributed by atoms with van der Waals surface area (Å²) in [6.45, 7) is 14.2. The highest BCUT2D eigenvalue weighted by atomic mass is 31.1. The Balaban J connectivity index is 3.90. The van der Waals surface area contributed by atoms with E-state index in [4.69, 9.17) is 0 Å². The van der Waals surface area contributed by atoms with Gasteiger partial charge < -0.3 is 0 Å². The highest BCUT2D eigenvalue weighted by Gasteiger charge is 2.19. The molecule has 1 heteroatoms. The largest absolute Gasteiger partial charge is 0.104 e. The summed E-state index contributed by atoms with van der Waals surface area (Å²) in [5, 5.41) is 0. The molecule has 3 unspecified atom stereocenters. The molecule has 0 bridgehead atoms. The van der Waals surface area contributed by atoms with Gasteiger partial charge in [-0.2, -0.15) is 0 Å². The minimum Gasteiger partial charge on any atom is -0.104 e. The SMILES string of the molecule is CCC(C)C(C)P(C)C(C)C. The molecule has 0 aliphatic heterocycles. The van der Waals surface area contributed by atoms with Crippen molar-refractivity contribution in [3.63, 3.8) is 0 Å². The van der Waals surface area contributed by atoms with E-state index in [9.17, 15) is 0 Å². The normalized spacial score (nSPS) is 19.9. The van der Waals surface area contributed by atoms with E-state index in [-0.39, 0.29) is 7.92 Å². The Hall–Kier alpha value is 0.430. The second-order valence-corrected chi connectivity index (χ2v) is 7.06. The predicted molar refractivity (Wildman–Crippen MR) is 56.9 cm³/mol. The molecule has 0 nitrogen and oxygen atoms in total. The Morgan fingerprint density at radius 3 is 1.82 bits per heavy atom. The molecule has 0 aromatic rings. The van der Waals surface area contributed by atoms with Crippen molar-refractivity contribution < 1.29 is 0 Å². The fourth-order valence-corrected chi connectivity index (χ4v) is 3.17. The molecule has 0 N–H and O–H groups in total. The lowest BCUT2D eigenvalue weighted by Gasteiger charge is -2.28. The standard InChI is InChI=1S/C10H23P/c1-7-9(4)10(5)11(6)8(2)3/h8-10H,7H2,1-6H3. The molecule has 68 valence electrons. The van der Waals surface area contributed by atoms with Crippen LogP contribution in [0.4, 0.5) is 0 Å². The summed E-state index contributed by atoms with van der Waals surface area (Å²) < 4.78 is 0. The molecule has 3 atom stereocenters. The van der Waals surface area contributed by atoms with Crippen molar-refractivity contribution in [1.82, 2.24) is 0 Å². The molecule has 0 aliphatic rings. The third-order valence-corrected chi connectivity index (χ3v) is 6.35. The maximum atomic E-state index is 2.44. The zero-order valence-corrected chi connectivity index (χ0v) is 9.78. The molecule has 0 heterocycles. The third-order valence-electron chi connectivity index (χ3n) is 2.92. The maximum absolute atomic E-state index is 2.44. The van der Waals surface area contributed by atoms with Gasteiger partial charge in [0.2, 0.25) is 0 Å². The van der Waals surface area contributed by atoms with Crippen LogP contribution in [0.3, 0.4) is 0 Å². The van der Waals surface area contributed by atoms with Crippen LogP contribution in [0.25, 0.3) is 0 Å². The van der Waals surface area contributed by atoms with E-state index in [0.29, 0.717) is 0 Å². The van der Waals surface area contributed by atoms with Crippen molar-refractivity contribution in [1.29, 1.82) is 0 Å². The van der Waals surface area contributed by atoms with Crippen LogP contribution in [-0.2, 0) is 0 Å². The molecule has 11 heavy (non-hydrogen) atoms. The summed E-state index contributed by atoms with van der Waals surface area (Å²) in [6.07, 6.45) is 1.33. The van der Waals surface area contributed by atoms with Crippen LogP contribution in [0.1, 0.15) is 41.0 Å². The number of rotatable bonds is 4. The minimum absolute atomic E-state index is 0.254. The Bertz CT molecular complexity index is 99.0. The highest BCUT2D eigenvalue weighted by molar-refractivity contribution is 7.58. The fourth-order valence-electron chi connectivity index (χ4n) is 1.21. The predicted octanol–water partition coefficient (Wildman–Crippen LogP) is 3.94. The van der Waals surface area contributed by atoms with Gasteiger partial charge in [-0.15, -0.1) is 7.92 Å². The Morgan fingerprint density at radius 1 is 1.09 bits per heavy atom. The van der Waals surface area contributed by atoms with Crippen LogP contribution in [0.15, 0.2) is 0 Å². The third kappa shape index (κ3) is 3.56. The summed E-state index contributed by atoms with van der Waals surface area (Å²) in [5.74, 6) is 0.911. The Kier molecular flexibility index (Phi) is 5.34. The molecular weight excluding hydrogens is 151 g/mol. The van der Waals surface area contributed by atoms with E-state index >= 15 is 0 Å². The van der Waals surface area contributed by atoms with Gasteiger partial charge in [-0.3, -0.25) is 0 Å². The molecule has 0 aromatic heterocycles. The van der Waals surface area contributed by atoms with Crippen LogP contribution in [0.5, 0.6) is 0 Å². The molecule has 0 saturated heterocycles. The topological polar surface area (TPSA) is 0 Å². The van der Waals surface area contributed by atoms with Crippen molar-refractivity contribution in [2.45, 2.75) is 52.4 Å². The van der Waals surface area contributed by atoms with E-state index in [1.165, 1.54) is 6.42 Å². The van der Waals surface area contributed by atoms with E-state index in [2.05, 4.69) is 41.3 Å². The summed E-state index contributed by atoms with van der Waals surface area (Å²) in [6, 6.07) is 0. The lowest BCUT2D eigenvalue weighted by atomic mass is 10.1. The second kappa shape index (κ2) is 5.14. The van der Waals surface area contributed by atoms with Crippen molar-refractivity contribution in [3.8, 4) is 0 Å². The highest BCUT2D eigenvalue weighted by Crippen LogP contribution is 2.45. The van der Waals surface area contributed by atoms with Gasteiger partial charge >= 0.3 is 0 Å². The molecule has 0 saturated carbocycles. The lowest BCUT2D eigenvalue weighted by molar-refractivity contribution is 0.550. The molecular formula is C10H23P. The van der Waals surface area contributed by atoms with Gasteiger partial charge in [-0.25, -0.2) is 0 Å². The first-order chi connectivity index (χ1) is 5.00. The van der Waals surface area contributed by atoms with Gasteiger partial charge in [0.1, 0.15) is 0 Å². The second-order valence-electron chi connectivity index (χ2n) is 3.89. The molecule has 0 aliphatic carbocycles. The smallest absolute Gasteiger partial charge is 0.0212 e. The molecule has 0 aromatic carbocycles. The lowest BCUT2D eigenvalue weighted by Crippen LogP contribution is -2.14. The van der Waals surface area contributed by atoms with Crippen molar-refractivity contribution in [2.75, 3.05) is 6.66 Å². The van der Waals surface area contributed by atoms with Crippen LogP contribution in [0, 0.1) is 5.92 Å². The van der Waals surface area contributed by atoms with Crippen LogP contribution < -0.4 is 0 Å². The average molecular weight is 174 g/mol. The van der Waals surface area contributed by atoms with Gasteiger partial charge in [-0.05, 0) is 23.9 Å². The average Bonchev–Trinajstić information content (AvgIpc) is 2.00. The zero-order chi connectivity index (χ0) is 9.02. The van der Waals surface area contributed by atoms with Crippen LogP contribution in [-0.4, -0.2) is 18.0 Å². The van der Waals surface area contributed by atoms with E-state index < -0.39 is 0 Å². The summed E-state index contributed by atoms with van der Waals surface area (Å²) in [5.41, 5.74) is 1.84. The van der Waals surface area contributed by atoms with Gasteiger partial charge in [0.25, 0.3) is 0 Å². The van der Waals surface area contributed by atoms with E-state index in [0.717, 1.165) is 17.2 Å². The Labute approximate surface area is 73.5 Å². The maximum Gasteiger partial charge on any atom is -0.0212 e. The molecule has 0 rings (SSSR count). The fraction of sp³-hybridized carbons (Fsp3) is 1.00. The van der Waals surface area contributed by atoms with Crippen molar-refractivity contribution >= 4 is 7.92 Å². The number of hydrogen-bond donors (Lipinski definition) is 0. The summed E-state index contributed by atoms with van der Waals surface area (Å²) in [7, 11) is 0.254. The number of hydrogen-bond acceptors (Lipinski definition) is 0. The quantitative estimate of drug-likeness (QED) is 0.566. The first kappa shape index (κ1) is 11.4. The monoisotopic (exact) mass is 174 g/mol. The molecule has 0 radical (unpaired) electrons. The summed E-state index contributed by atoms with van der Waals surface area (Å²) >= 11 is 0. The van der Waals surface area contributed by atoms with Gasteiger partial charge in [0, 0.05) is 0 Å². The van der Waals surface area contributed by atoms with E-state index in [1.54, 1.807) is 0 Å². The van der Waals surface area contributed by atoms with E-state index in [1.807, 2.05) is 0 Å². The van der Waals surface area contributed by atoms with Crippen LogP contribution >= 0.6 is 7.92 Å². The zero-order valence-electron chi connectivity index (χ0n) is 8.89. The molecule has 0 spiro atoms. The van der Waals surface area contributed by atoms with Gasteiger partial charge in [-0.1, -0.05) is 41.0 Å². The van der Waals surface area contributed by atoms with Gasteiger partial charge in [0.05, 0.1) is 0 Å². The van der Waals surface area contributed by atoms with Crippen molar-refractivity contribution in [2.24, 2.45) is 5.92 Å². The van der Waals surface area contributed by atoms with Crippen LogP contribution in [0.2, 0.25) is 0 Å². The first-order valence-electron chi connectivity index (χ1n) is 4.72. The minimum atomic E-state index is 0.254. The first-order valence-corrected chi connectivity index (χ1v) is 6.65. The molecule has 0 fully saturated rings.